The molecule has 0 radical (unpaired) electrons. The number of amides is 1. The molecule has 1 aromatic heterocycles. The van der Waals surface area contributed by atoms with Crippen molar-refractivity contribution >= 4 is 49.1 Å². The number of nitrogens with zero attached hydrogens (tertiary/aromatic N) is 1. The van der Waals surface area contributed by atoms with E-state index in [-0.39, 0.29) is 12.5 Å². The molecule has 0 unspecified atom stereocenters. The van der Waals surface area contributed by atoms with E-state index in [4.69, 9.17) is 5.11 Å². The minimum Gasteiger partial charge on any atom is -0.395 e. The van der Waals surface area contributed by atoms with E-state index in [0.717, 1.165) is 8.26 Å². The summed E-state index contributed by atoms with van der Waals surface area (Å²) in [6, 6.07) is 1.77. The normalized spacial score (nSPS) is 10.3. The number of carbonyl (C=O) groups excluding carboxylic acids is 1. The number of halogens is 2. The molecule has 78 valence electrons. The van der Waals surface area contributed by atoms with Gasteiger partial charge in [-0.25, -0.2) is 0 Å². The van der Waals surface area contributed by atoms with Crippen LogP contribution >= 0.6 is 43.2 Å². The number of carbonyl (C=O) groups is 1. The zero-order chi connectivity index (χ0) is 10.7. The highest BCUT2D eigenvalue weighted by molar-refractivity contribution is 9.13. The second-order valence-corrected chi connectivity index (χ2v) is 5.91. The van der Waals surface area contributed by atoms with E-state index in [0.29, 0.717) is 11.4 Å². The van der Waals surface area contributed by atoms with Gasteiger partial charge in [-0.15, -0.1) is 11.3 Å². The van der Waals surface area contributed by atoms with Crippen LogP contribution in [0.2, 0.25) is 0 Å². The molecule has 0 bridgehead atoms. The Morgan fingerprint density at radius 3 is 2.71 bits per heavy atom. The second kappa shape index (κ2) is 5.25. The first kappa shape index (κ1) is 12.2. The molecule has 0 aliphatic rings. The third kappa shape index (κ3) is 2.79. The second-order valence-electron chi connectivity index (χ2n) is 2.68. The van der Waals surface area contributed by atoms with Gasteiger partial charge in [-0.1, -0.05) is 0 Å². The van der Waals surface area contributed by atoms with Crippen LogP contribution in [0, 0.1) is 0 Å². The number of hydrogen-bond donors (Lipinski definition) is 1. The van der Waals surface area contributed by atoms with Crippen molar-refractivity contribution in [2.24, 2.45) is 0 Å². The summed E-state index contributed by atoms with van der Waals surface area (Å²) in [5, 5.41) is 8.68. The zero-order valence-electron chi connectivity index (χ0n) is 7.46. The van der Waals surface area contributed by atoms with Crippen molar-refractivity contribution in [3.63, 3.8) is 0 Å². The van der Waals surface area contributed by atoms with E-state index in [9.17, 15) is 4.79 Å². The lowest BCUT2D eigenvalue weighted by atomic mass is 10.4. The molecule has 0 saturated heterocycles. The Labute approximate surface area is 103 Å². The van der Waals surface area contributed by atoms with E-state index in [1.165, 1.54) is 16.2 Å². The maximum Gasteiger partial charge on any atom is 0.263 e. The minimum atomic E-state index is -0.0737. The fraction of sp³-hybridized carbons (Fsp3) is 0.375. The van der Waals surface area contributed by atoms with Gasteiger partial charge >= 0.3 is 0 Å². The van der Waals surface area contributed by atoms with Gasteiger partial charge in [-0.05, 0) is 37.9 Å². The summed E-state index contributed by atoms with van der Waals surface area (Å²) < 4.78 is 1.78. The molecule has 1 N–H and O–H groups in total. The molecule has 1 rings (SSSR count). The fourth-order valence-corrected chi connectivity index (χ4v) is 2.92. The summed E-state index contributed by atoms with van der Waals surface area (Å²) in [4.78, 5) is 13.8. The Balaban J connectivity index is 2.79. The van der Waals surface area contributed by atoms with Crippen LogP contribution in [-0.2, 0) is 0 Å². The molecule has 14 heavy (non-hydrogen) atoms. The monoisotopic (exact) mass is 341 g/mol. The van der Waals surface area contributed by atoms with Gasteiger partial charge in [0.25, 0.3) is 5.91 Å². The quantitative estimate of drug-likeness (QED) is 0.915. The van der Waals surface area contributed by atoms with Crippen molar-refractivity contribution in [1.82, 2.24) is 4.90 Å². The molecule has 3 nitrogen and oxygen atoms in total. The Kier molecular flexibility index (Phi) is 4.56. The highest BCUT2D eigenvalue weighted by atomic mass is 79.9. The van der Waals surface area contributed by atoms with Crippen LogP contribution in [0.25, 0.3) is 0 Å². The molecule has 6 heteroatoms. The summed E-state index contributed by atoms with van der Waals surface area (Å²) >= 11 is 8.01. The number of rotatable bonds is 3. The zero-order valence-corrected chi connectivity index (χ0v) is 11.4. The SMILES string of the molecule is CN(CCO)C(=O)c1cc(Br)c(Br)s1. The number of aliphatic hydroxyl groups excluding tert-OH is 1. The van der Waals surface area contributed by atoms with Gasteiger partial charge in [-0.3, -0.25) is 4.79 Å². The van der Waals surface area contributed by atoms with Crippen molar-refractivity contribution in [2.45, 2.75) is 0 Å². The first-order chi connectivity index (χ1) is 6.56. The van der Waals surface area contributed by atoms with Crippen molar-refractivity contribution < 1.29 is 9.90 Å². The first-order valence-corrected chi connectivity index (χ1v) is 6.27. The summed E-state index contributed by atoms with van der Waals surface area (Å²) in [5.41, 5.74) is 0. The average Bonchev–Trinajstić information content (AvgIpc) is 2.46. The van der Waals surface area contributed by atoms with Gasteiger partial charge in [0.1, 0.15) is 0 Å². The van der Waals surface area contributed by atoms with Gasteiger partial charge in [0.05, 0.1) is 15.3 Å². The first-order valence-electron chi connectivity index (χ1n) is 3.87. The topological polar surface area (TPSA) is 40.5 Å². The smallest absolute Gasteiger partial charge is 0.263 e. The van der Waals surface area contributed by atoms with Gasteiger partial charge in [0.2, 0.25) is 0 Å². The van der Waals surface area contributed by atoms with Crippen molar-refractivity contribution in [3.05, 3.63) is 19.2 Å². The molecular formula is C8H9Br2NO2S. The molecule has 1 amide bonds. The van der Waals surface area contributed by atoms with E-state index in [2.05, 4.69) is 31.9 Å². The molecule has 0 aliphatic heterocycles. The molecular weight excluding hydrogens is 334 g/mol. The maximum absolute atomic E-state index is 11.7. The van der Waals surface area contributed by atoms with E-state index in [1.807, 2.05) is 0 Å². The molecule has 0 atom stereocenters. The Bertz CT molecular complexity index is 321. The van der Waals surface area contributed by atoms with Gasteiger partial charge in [0, 0.05) is 18.1 Å². The average molecular weight is 343 g/mol. The largest absolute Gasteiger partial charge is 0.395 e. The minimum absolute atomic E-state index is 0.0179. The maximum atomic E-state index is 11.7. The van der Waals surface area contributed by atoms with Gasteiger partial charge < -0.3 is 10.0 Å². The molecule has 1 heterocycles. The summed E-state index contributed by atoms with van der Waals surface area (Å²) in [5.74, 6) is -0.0737. The van der Waals surface area contributed by atoms with Crippen LogP contribution in [0.3, 0.4) is 0 Å². The highest BCUT2D eigenvalue weighted by Crippen LogP contribution is 2.32. The Morgan fingerprint density at radius 1 is 1.64 bits per heavy atom. The third-order valence-electron chi connectivity index (χ3n) is 1.64. The Morgan fingerprint density at radius 2 is 2.29 bits per heavy atom. The molecule has 0 saturated carbocycles. The predicted octanol–water partition coefficient (Wildman–Crippen LogP) is 2.34. The van der Waals surface area contributed by atoms with Crippen LogP contribution in [0.1, 0.15) is 9.67 Å². The van der Waals surface area contributed by atoms with Crippen LogP contribution in [0.15, 0.2) is 14.3 Å². The molecule has 1 aromatic rings. The molecule has 0 aliphatic carbocycles. The summed E-state index contributed by atoms with van der Waals surface area (Å²) in [6.45, 7) is 0.335. The van der Waals surface area contributed by atoms with Crippen LogP contribution in [0.4, 0.5) is 0 Å². The van der Waals surface area contributed by atoms with Crippen LogP contribution in [0.5, 0.6) is 0 Å². The van der Waals surface area contributed by atoms with Crippen molar-refractivity contribution in [1.29, 1.82) is 0 Å². The molecule has 0 aromatic carbocycles. The van der Waals surface area contributed by atoms with Crippen molar-refractivity contribution in [3.8, 4) is 0 Å². The summed E-state index contributed by atoms with van der Waals surface area (Å²) in [7, 11) is 1.67. The predicted molar refractivity (Wildman–Crippen MR) is 63.8 cm³/mol. The van der Waals surface area contributed by atoms with Crippen LogP contribution in [-0.4, -0.2) is 36.1 Å². The third-order valence-corrected chi connectivity index (χ3v) is 4.88. The number of hydrogen-bond acceptors (Lipinski definition) is 3. The highest BCUT2D eigenvalue weighted by Gasteiger charge is 2.15. The molecule has 0 spiro atoms. The summed E-state index contributed by atoms with van der Waals surface area (Å²) in [6.07, 6.45) is 0. The van der Waals surface area contributed by atoms with E-state index < -0.39 is 0 Å². The fourth-order valence-electron chi connectivity index (χ4n) is 0.892. The number of aliphatic hydroxyl groups is 1. The lowest BCUT2D eigenvalue weighted by Gasteiger charge is -2.13. The van der Waals surface area contributed by atoms with E-state index >= 15 is 0 Å². The number of likely N-dealkylation sites (N-methyl/N-ethyl adjacent to an activating group) is 1. The lowest BCUT2D eigenvalue weighted by Crippen LogP contribution is -2.28. The number of thiophene rings is 1. The van der Waals surface area contributed by atoms with Gasteiger partial charge in [-0.2, -0.15) is 0 Å². The van der Waals surface area contributed by atoms with Gasteiger partial charge in [0.15, 0.2) is 0 Å². The Hall–Kier alpha value is 0.0900. The van der Waals surface area contributed by atoms with Crippen LogP contribution < -0.4 is 0 Å². The van der Waals surface area contributed by atoms with E-state index in [1.54, 1.807) is 13.1 Å². The molecule has 0 fully saturated rings. The van der Waals surface area contributed by atoms with Crippen molar-refractivity contribution in [2.75, 3.05) is 20.2 Å². The standard InChI is InChI=1S/C8H9Br2NO2S/c1-11(2-3-12)8(13)6-4-5(9)7(10)14-6/h4,12H,2-3H2,1H3. The lowest BCUT2D eigenvalue weighted by molar-refractivity contribution is 0.0771.